The Balaban J connectivity index is 2.04. The minimum atomic E-state index is -3.90. The molecule has 0 aromatic heterocycles. The van der Waals surface area contributed by atoms with Crippen LogP contribution in [0.3, 0.4) is 0 Å². The zero-order chi connectivity index (χ0) is 19.8. The van der Waals surface area contributed by atoms with E-state index in [2.05, 4.69) is 9.71 Å². The van der Waals surface area contributed by atoms with E-state index in [1.165, 1.54) is 27.4 Å². The molecule has 2 aromatic carbocycles. The molecule has 0 spiro atoms. The molecule has 1 aliphatic rings. The maximum Gasteiger partial charge on any atom is 0.287 e. The van der Waals surface area contributed by atoms with Crippen LogP contribution in [0, 0.1) is 0 Å². The average Bonchev–Trinajstić information content (AvgIpc) is 2.64. The quantitative estimate of drug-likeness (QED) is 0.827. The lowest BCUT2D eigenvalue weighted by molar-refractivity contribution is 0.324. The van der Waals surface area contributed by atoms with Gasteiger partial charge in [0.15, 0.2) is 11.5 Å². The van der Waals surface area contributed by atoms with Gasteiger partial charge in [0.25, 0.3) is 10.0 Å². The Labute approximate surface area is 162 Å². The van der Waals surface area contributed by atoms with Crippen molar-refractivity contribution in [1.29, 1.82) is 0 Å². The van der Waals surface area contributed by atoms with Gasteiger partial charge in [0, 0.05) is 29.9 Å². The van der Waals surface area contributed by atoms with Crippen molar-refractivity contribution < 1.29 is 22.6 Å². The third kappa shape index (κ3) is 3.47. The molecule has 10 heteroatoms. The first-order chi connectivity index (χ1) is 12.8. The number of hydrogen-bond donors (Lipinski definition) is 1. The van der Waals surface area contributed by atoms with Crippen LogP contribution >= 0.6 is 11.6 Å². The SMILES string of the molecule is COc1cc(NC2=NS(=O)(=O)c3cc(Cl)ccc3N2C)cc(OC)c1OC. The molecule has 8 nitrogen and oxygen atoms in total. The smallest absolute Gasteiger partial charge is 0.287 e. The number of ether oxygens (including phenoxy) is 3. The van der Waals surface area contributed by atoms with Gasteiger partial charge in [-0.3, -0.25) is 0 Å². The van der Waals surface area contributed by atoms with Crippen molar-refractivity contribution in [3.8, 4) is 17.2 Å². The molecule has 27 heavy (non-hydrogen) atoms. The zero-order valence-corrected chi connectivity index (χ0v) is 16.7. The maximum absolute atomic E-state index is 12.5. The predicted octanol–water partition coefficient (Wildman–Crippen LogP) is 2.97. The topological polar surface area (TPSA) is 89.5 Å². The highest BCUT2D eigenvalue weighted by molar-refractivity contribution is 7.90. The van der Waals surface area contributed by atoms with Crippen LogP contribution < -0.4 is 24.4 Å². The lowest BCUT2D eigenvalue weighted by atomic mass is 10.2. The Kier molecular flexibility index (Phi) is 5.07. The minimum absolute atomic E-state index is 0.0490. The number of halogens is 1. The summed E-state index contributed by atoms with van der Waals surface area (Å²) in [5.74, 6) is 1.40. The van der Waals surface area contributed by atoms with Crippen molar-refractivity contribution in [2.75, 3.05) is 38.6 Å². The number of nitrogens with one attached hydrogen (secondary N) is 1. The summed E-state index contributed by atoms with van der Waals surface area (Å²) in [5.41, 5.74) is 0.979. The van der Waals surface area contributed by atoms with Gasteiger partial charge in [-0.25, -0.2) is 0 Å². The fourth-order valence-corrected chi connectivity index (χ4v) is 4.18. The number of benzene rings is 2. The van der Waals surface area contributed by atoms with E-state index >= 15 is 0 Å². The fourth-order valence-electron chi connectivity index (χ4n) is 2.70. The maximum atomic E-state index is 12.5. The monoisotopic (exact) mass is 411 g/mol. The second kappa shape index (κ2) is 7.16. The highest BCUT2D eigenvalue weighted by atomic mass is 35.5. The van der Waals surface area contributed by atoms with Crippen LogP contribution in [0.4, 0.5) is 11.4 Å². The first-order valence-electron chi connectivity index (χ1n) is 7.76. The molecule has 3 rings (SSSR count). The second-order valence-electron chi connectivity index (χ2n) is 5.60. The normalized spacial score (nSPS) is 14.9. The number of fused-ring (bicyclic) bond motifs is 1. The van der Waals surface area contributed by atoms with E-state index in [1.54, 1.807) is 36.2 Å². The molecule has 0 saturated carbocycles. The largest absolute Gasteiger partial charge is 0.493 e. The van der Waals surface area contributed by atoms with Crippen LogP contribution in [0.5, 0.6) is 17.2 Å². The van der Waals surface area contributed by atoms with Crippen LogP contribution in [0.15, 0.2) is 39.6 Å². The summed E-state index contributed by atoms with van der Waals surface area (Å²) >= 11 is 5.93. The Morgan fingerprint density at radius 3 is 2.22 bits per heavy atom. The zero-order valence-electron chi connectivity index (χ0n) is 15.1. The van der Waals surface area contributed by atoms with Crippen molar-refractivity contribution in [2.24, 2.45) is 4.40 Å². The van der Waals surface area contributed by atoms with E-state index in [-0.39, 0.29) is 10.9 Å². The van der Waals surface area contributed by atoms with Crippen molar-refractivity contribution in [3.05, 3.63) is 35.4 Å². The average molecular weight is 412 g/mol. The van der Waals surface area contributed by atoms with Gasteiger partial charge in [0.2, 0.25) is 11.7 Å². The number of nitrogens with zero attached hydrogens (tertiary/aromatic N) is 2. The summed E-state index contributed by atoms with van der Waals surface area (Å²) in [6.45, 7) is 0. The van der Waals surface area contributed by atoms with Gasteiger partial charge in [-0.15, -0.1) is 4.40 Å². The summed E-state index contributed by atoms with van der Waals surface area (Å²) < 4.78 is 44.8. The Morgan fingerprint density at radius 2 is 1.67 bits per heavy atom. The molecule has 0 fully saturated rings. The Bertz CT molecular complexity index is 998. The van der Waals surface area contributed by atoms with E-state index in [9.17, 15) is 8.42 Å². The van der Waals surface area contributed by atoms with E-state index in [1.807, 2.05) is 0 Å². The molecule has 0 amide bonds. The molecule has 2 aromatic rings. The van der Waals surface area contributed by atoms with Crippen molar-refractivity contribution in [1.82, 2.24) is 0 Å². The highest BCUT2D eigenvalue weighted by Crippen LogP contribution is 2.40. The molecule has 1 N–H and O–H groups in total. The van der Waals surface area contributed by atoms with Crippen LogP contribution in [0.1, 0.15) is 0 Å². The number of hydrogen-bond acceptors (Lipinski definition) is 7. The molecular weight excluding hydrogens is 394 g/mol. The molecule has 0 unspecified atom stereocenters. The van der Waals surface area contributed by atoms with Crippen molar-refractivity contribution in [3.63, 3.8) is 0 Å². The van der Waals surface area contributed by atoms with Gasteiger partial charge in [0.1, 0.15) is 4.90 Å². The number of rotatable bonds is 4. The number of methoxy groups -OCH3 is 3. The standard InChI is InChI=1S/C17H18ClN3O5S/c1-21-12-6-5-10(18)7-15(12)27(22,23)20-17(21)19-11-8-13(24-2)16(26-4)14(9-11)25-3/h5-9H,1-4H3,(H,19,20). The fraction of sp³-hybridized carbons (Fsp3) is 0.235. The van der Waals surface area contributed by atoms with Gasteiger partial charge in [-0.1, -0.05) is 11.6 Å². The third-order valence-electron chi connectivity index (χ3n) is 4.01. The molecule has 0 bridgehead atoms. The van der Waals surface area contributed by atoms with Gasteiger partial charge < -0.3 is 24.4 Å². The van der Waals surface area contributed by atoms with E-state index < -0.39 is 10.0 Å². The second-order valence-corrected chi connectivity index (χ2v) is 7.61. The van der Waals surface area contributed by atoms with Gasteiger partial charge in [0.05, 0.1) is 27.0 Å². The molecule has 144 valence electrons. The van der Waals surface area contributed by atoms with E-state index in [0.29, 0.717) is 33.6 Å². The van der Waals surface area contributed by atoms with Crippen molar-refractivity contribution >= 4 is 39.0 Å². The molecule has 1 aliphatic heterocycles. The van der Waals surface area contributed by atoms with Gasteiger partial charge in [-0.2, -0.15) is 8.42 Å². The molecule has 0 saturated heterocycles. The van der Waals surface area contributed by atoms with Crippen LogP contribution in [-0.2, 0) is 10.0 Å². The molecule has 1 heterocycles. The van der Waals surface area contributed by atoms with Gasteiger partial charge >= 0.3 is 0 Å². The van der Waals surface area contributed by atoms with Crippen molar-refractivity contribution in [2.45, 2.75) is 4.90 Å². The summed E-state index contributed by atoms with van der Waals surface area (Å²) in [6, 6.07) is 7.93. The Morgan fingerprint density at radius 1 is 1.04 bits per heavy atom. The summed E-state index contributed by atoms with van der Waals surface area (Å²) in [6.07, 6.45) is 0. The summed E-state index contributed by atoms with van der Waals surface area (Å²) in [5, 5.41) is 3.31. The third-order valence-corrected chi connectivity index (χ3v) is 5.54. The van der Waals surface area contributed by atoms with Crippen LogP contribution in [0.25, 0.3) is 0 Å². The lowest BCUT2D eigenvalue weighted by Gasteiger charge is -2.28. The van der Waals surface area contributed by atoms with Crippen LogP contribution in [0.2, 0.25) is 5.02 Å². The summed E-state index contributed by atoms with van der Waals surface area (Å²) in [7, 11) is 2.29. The minimum Gasteiger partial charge on any atom is -0.493 e. The van der Waals surface area contributed by atoms with Gasteiger partial charge in [-0.05, 0) is 18.2 Å². The molecule has 0 aliphatic carbocycles. The summed E-state index contributed by atoms with van der Waals surface area (Å²) in [4.78, 5) is 1.67. The number of sulfonamides is 1. The Hall–Kier alpha value is -2.65. The number of anilines is 2. The van der Waals surface area contributed by atoms with E-state index in [4.69, 9.17) is 25.8 Å². The molecule has 0 radical (unpaired) electrons. The highest BCUT2D eigenvalue weighted by Gasteiger charge is 2.29. The number of guanidine groups is 1. The van der Waals surface area contributed by atoms with Crippen LogP contribution in [-0.4, -0.2) is 42.8 Å². The molecule has 0 atom stereocenters. The lowest BCUT2D eigenvalue weighted by Crippen LogP contribution is -2.37. The molecular formula is C17H18ClN3O5S. The first kappa shape index (κ1) is 19.1. The van der Waals surface area contributed by atoms with E-state index in [0.717, 1.165) is 0 Å². The predicted molar refractivity (Wildman–Crippen MR) is 104 cm³/mol. The first-order valence-corrected chi connectivity index (χ1v) is 9.57.